The molecule has 30 heavy (non-hydrogen) atoms. The molecule has 158 valence electrons. The van der Waals surface area contributed by atoms with Gasteiger partial charge in [-0.2, -0.15) is 0 Å². The summed E-state index contributed by atoms with van der Waals surface area (Å²) < 4.78 is 20.6. The van der Waals surface area contributed by atoms with Gasteiger partial charge in [-0.1, -0.05) is 18.2 Å². The van der Waals surface area contributed by atoms with Gasteiger partial charge in [0, 0.05) is 38.8 Å². The Balaban J connectivity index is 1.72. The maximum Gasteiger partial charge on any atom is 0.278 e. The van der Waals surface area contributed by atoms with Crippen LogP contribution in [0.3, 0.4) is 0 Å². The molecule has 2 aliphatic rings. The normalized spacial score (nSPS) is 20.6. The van der Waals surface area contributed by atoms with E-state index in [4.69, 9.17) is 4.74 Å². The molecule has 0 saturated carbocycles. The number of nitrogens with zero attached hydrogens (tertiary/aromatic N) is 3. The van der Waals surface area contributed by atoms with E-state index in [0.717, 1.165) is 0 Å². The molecule has 1 fully saturated rings. The number of halogens is 1. The van der Waals surface area contributed by atoms with Crippen molar-refractivity contribution in [1.82, 2.24) is 14.9 Å². The Kier molecular flexibility index (Phi) is 4.73. The third-order valence-corrected chi connectivity index (χ3v) is 5.84. The summed E-state index contributed by atoms with van der Waals surface area (Å²) in [5.74, 6) is -2.64. The Hall–Kier alpha value is -3.40. The number of aromatic nitrogens is 1. The zero-order valence-corrected chi connectivity index (χ0v) is 16.5. The fourth-order valence-electron chi connectivity index (χ4n) is 3.93. The first kappa shape index (κ1) is 19.9. The third-order valence-electron chi connectivity index (χ3n) is 5.84. The Morgan fingerprint density at radius 3 is 2.70 bits per heavy atom. The minimum absolute atomic E-state index is 0.136. The van der Waals surface area contributed by atoms with E-state index in [1.165, 1.54) is 34.0 Å². The van der Waals surface area contributed by atoms with Gasteiger partial charge in [0.1, 0.15) is 11.4 Å². The lowest BCUT2D eigenvalue weighted by Crippen LogP contribution is -2.68. The highest BCUT2D eigenvalue weighted by atomic mass is 19.1. The number of likely N-dealkylation sites (N-methyl/N-ethyl adjacent to an activating group) is 2. The van der Waals surface area contributed by atoms with Crippen molar-refractivity contribution in [2.24, 2.45) is 0 Å². The van der Waals surface area contributed by atoms with Crippen LogP contribution in [0.5, 0.6) is 5.75 Å². The van der Waals surface area contributed by atoms with Crippen LogP contribution in [0.15, 0.2) is 35.3 Å². The van der Waals surface area contributed by atoms with Crippen molar-refractivity contribution in [3.8, 4) is 5.75 Å². The number of rotatable bonds is 3. The first-order valence-corrected chi connectivity index (χ1v) is 9.38. The minimum atomic E-state index is -0.971. The zero-order chi connectivity index (χ0) is 21.6. The molecule has 1 atom stereocenters. The third kappa shape index (κ3) is 2.83. The van der Waals surface area contributed by atoms with Crippen LogP contribution in [0.4, 0.5) is 4.39 Å². The number of hydrogen-bond acceptors (Lipinski definition) is 6. The van der Waals surface area contributed by atoms with Crippen LogP contribution >= 0.6 is 0 Å². The lowest BCUT2D eigenvalue weighted by Gasteiger charge is -2.50. The number of carbonyl (C=O) groups is 2. The largest absolute Gasteiger partial charge is 0.502 e. The summed E-state index contributed by atoms with van der Waals surface area (Å²) in [7, 11) is 3.27. The van der Waals surface area contributed by atoms with Crippen molar-refractivity contribution in [3.63, 3.8) is 0 Å². The average Bonchev–Trinajstić information content (AvgIpc) is 3.23. The number of benzene rings is 1. The maximum atomic E-state index is 13.8. The molecule has 1 unspecified atom stereocenters. The number of pyridine rings is 1. The highest BCUT2D eigenvalue weighted by molar-refractivity contribution is 5.99. The molecule has 4 rings (SSSR count). The second kappa shape index (κ2) is 7.13. The van der Waals surface area contributed by atoms with E-state index in [0.29, 0.717) is 13.0 Å². The molecule has 3 heterocycles. The molecule has 9 nitrogen and oxygen atoms in total. The number of nitrogens with one attached hydrogen (secondary N) is 1. The Morgan fingerprint density at radius 1 is 1.30 bits per heavy atom. The lowest BCUT2D eigenvalue weighted by molar-refractivity contribution is 0.0330. The van der Waals surface area contributed by atoms with E-state index in [1.807, 2.05) is 0 Å². The fraction of sp³-hybridized carbons (Fsp3) is 0.350. The molecular weight excluding hydrogens is 395 g/mol. The Bertz CT molecular complexity index is 1090. The highest BCUT2D eigenvalue weighted by Crippen LogP contribution is 2.34. The van der Waals surface area contributed by atoms with Gasteiger partial charge in [-0.05, 0) is 6.07 Å². The van der Waals surface area contributed by atoms with E-state index < -0.39 is 34.5 Å². The predicted molar refractivity (Wildman–Crippen MR) is 104 cm³/mol. The van der Waals surface area contributed by atoms with E-state index >= 15 is 0 Å². The molecular formula is C20H21FN4O5. The van der Waals surface area contributed by atoms with Crippen molar-refractivity contribution in [2.75, 3.05) is 32.3 Å². The molecule has 0 bridgehead atoms. The van der Waals surface area contributed by atoms with Crippen molar-refractivity contribution in [2.45, 2.75) is 18.6 Å². The lowest BCUT2D eigenvalue weighted by atomic mass is 10.0. The molecule has 2 aliphatic heterocycles. The molecule has 2 N–H and O–H groups in total. The van der Waals surface area contributed by atoms with Gasteiger partial charge in [-0.3, -0.25) is 24.1 Å². The van der Waals surface area contributed by atoms with Crippen LogP contribution in [0.1, 0.15) is 32.8 Å². The molecule has 1 spiro atoms. The molecule has 10 heteroatoms. The topological polar surface area (TPSA) is 104 Å². The Morgan fingerprint density at radius 2 is 2.03 bits per heavy atom. The quantitative estimate of drug-likeness (QED) is 0.751. The molecule has 2 aromatic rings. The van der Waals surface area contributed by atoms with Gasteiger partial charge in [0.05, 0.1) is 13.2 Å². The first-order chi connectivity index (χ1) is 14.3. The SMILES string of the molecule is CN1C(=O)c2c(O)c(=O)c(C(=O)NCc3ccccc3F)cn2N(C)C12CCOC2. The summed E-state index contributed by atoms with van der Waals surface area (Å²) >= 11 is 0. The standard InChI is InChI=1S/C20H21FN4O5/c1-23-19(29)15-17(27)16(26)13(10-25(15)24(2)20(23)7-8-30-11-20)18(28)22-9-12-5-3-4-6-14(12)21/h3-6,10,27H,7-9,11H2,1-2H3,(H,22,28). The number of amides is 2. The highest BCUT2D eigenvalue weighted by Gasteiger charge is 2.50. The van der Waals surface area contributed by atoms with Gasteiger partial charge in [0.2, 0.25) is 5.43 Å². The maximum absolute atomic E-state index is 13.8. The summed E-state index contributed by atoms with van der Waals surface area (Å²) in [5, 5.41) is 14.6. The van der Waals surface area contributed by atoms with Crippen molar-refractivity contribution in [3.05, 3.63) is 63.3 Å². The van der Waals surface area contributed by atoms with Crippen molar-refractivity contribution in [1.29, 1.82) is 0 Å². The van der Waals surface area contributed by atoms with Crippen LogP contribution in [0.2, 0.25) is 0 Å². The van der Waals surface area contributed by atoms with Gasteiger partial charge < -0.3 is 20.1 Å². The van der Waals surface area contributed by atoms with E-state index in [9.17, 15) is 23.9 Å². The number of hydrogen-bond donors (Lipinski definition) is 2. The molecule has 1 aromatic heterocycles. The van der Waals surface area contributed by atoms with Gasteiger partial charge >= 0.3 is 0 Å². The van der Waals surface area contributed by atoms with Crippen LogP contribution < -0.4 is 15.8 Å². The van der Waals surface area contributed by atoms with Crippen LogP contribution in [-0.4, -0.2) is 59.5 Å². The first-order valence-electron chi connectivity index (χ1n) is 9.38. The van der Waals surface area contributed by atoms with Crippen LogP contribution in [-0.2, 0) is 11.3 Å². The fourth-order valence-corrected chi connectivity index (χ4v) is 3.93. The summed E-state index contributed by atoms with van der Waals surface area (Å²) in [4.78, 5) is 39.6. The van der Waals surface area contributed by atoms with Crippen LogP contribution in [0, 0.1) is 5.82 Å². The molecule has 0 aliphatic carbocycles. The molecule has 1 aromatic carbocycles. The van der Waals surface area contributed by atoms with Crippen molar-refractivity contribution < 1.29 is 23.8 Å². The van der Waals surface area contributed by atoms with Gasteiger partial charge in [0.25, 0.3) is 11.8 Å². The summed E-state index contributed by atoms with van der Waals surface area (Å²) in [6.45, 7) is 0.551. The van der Waals surface area contributed by atoms with Crippen molar-refractivity contribution >= 4 is 11.8 Å². The van der Waals surface area contributed by atoms with E-state index in [-0.39, 0.29) is 30.0 Å². The van der Waals surface area contributed by atoms with E-state index in [1.54, 1.807) is 25.2 Å². The monoisotopic (exact) mass is 416 g/mol. The predicted octanol–water partition coefficient (Wildman–Crippen LogP) is 0.393. The van der Waals surface area contributed by atoms with Crippen LogP contribution in [0.25, 0.3) is 0 Å². The number of carbonyl (C=O) groups excluding carboxylic acids is 2. The second-order valence-electron chi connectivity index (χ2n) is 7.36. The summed E-state index contributed by atoms with van der Waals surface area (Å²) in [6, 6.07) is 5.94. The second-order valence-corrected chi connectivity index (χ2v) is 7.36. The number of ether oxygens (including phenoxy) is 1. The smallest absolute Gasteiger partial charge is 0.278 e. The molecule has 0 radical (unpaired) electrons. The summed E-state index contributed by atoms with van der Waals surface area (Å²) in [5.41, 5.74) is -2.10. The van der Waals surface area contributed by atoms with Gasteiger partial charge in [0.15, 0.2) is 17.1 Å². The van der Waals surface area contributed by atoms with Gasteiger partial charge in [-0.25, -0.2) is 4.39 Å². The molecule has 2 amide bonds. The van der Waals surface area contributed by atoms with Gasteiger partial charge in [-0.15, -0.1) is 0 Å². The Labute approximate surface area is 171 Å². The average molecular weight is 416 g/mol. The van der Waals surface area contributed by atoms with E-state index in [2.05, 4.69) is 5.32 Å². The number of fused-ring (bicyclic) bond motifs is 1. The molecule has 1 saturated heterocycles. The zero-order valence-electron chi connectivity index (χ0n) is 16.5. The summed E-state index contributed by atoms with van der Waals surface area (Å²) in [6.07, 6.45) is 1.74. The minimum Gasteiger partial charge on any atom is -0.502 e. The number of aromatic hydroxyl groups is 1.